The number of hydrogen-bond acceptors (Lipinski definition) is 2. The Bertz CT molecular complexity index is 704. The van der Waals surface area contributed by atoms with Crippen LogP contribution < -0.4 is 4.74 Å². The van der Waals surface area contributed by atoms with E-state index in [-0.39, 0.29) is 0 Å². The smallest absolute Gasteiger partial charge is 0.119 e. The quantitative estimate of drug-likeness (QED) is 0.595. The van der Waals surface area contributed by atoms with Gasteiger partial charge in [-0.1, -0.05) is 23.2 Å². The van der Waals surface area contributed by atoms with Crippen LogP contribution in [0.3, 0.4) is 0 Å². The molecule has 0 atom stereocenters. The Balaban J connectivity index is 1.81. The van der Waals surface area contributed by atoms with E-state index in [4.69, 9.17) is 27.9 Å². The van der Waals surface area contributed by atoms with Crippen molar-refractivity contribution in [2.45, 2.75) is 6.61 Å². The minimum Gasteiger partial charge on any atom is -0.489 e. The van der Waals surface area contributed by atoms with Gasteiger partial charge in [0.1, 0.15) is 12.4 Å². The van der Waals surface area contributed by atoms with Gasteiger partial charge in [-0.3, -0.25) is 0 Å². The number of fused-ring (bicyclic) bond motifs is 1. The third-order valence-electron chi connectivity index (χ3n) is 2.82. The Morgan fingerprint density at radius 3 is 2.47 bits per heavy atom. The van der Waals surface area contributed by atoms with E-state index in [1.807, 2.05) is 42.5 Å². The Morgan fingerprint density at radius 2 is 1.68 bits per heavy atom. The highest BCUT2D eigenvalue weighted by Gasteiger charge is 2.05. The SMILES string of the molecule is Clc1ccc(OCc2csc3ccc(Cl)cc23)cc1. The van der Waals surface area contributed by atoms with Gasteiger partial charge in [0.15, 0.2) is 0 Å². The molecule has 96 valence electrons. The Labute approximate surface area is 125 Å². The largest absolute Gasteiger partial charge is 0.489 e. The molecule has 0 aliphatic rings. The van der Waals surface area contributed by atoms with Crippen molar-refractivity contribution in [3.05, 3.63) is 63.5 Å². The van der Waals surface area contributed by atoms with Gasteiger partial charge >= 0.3 is 0 Å². The number of rotatable bonds is 3. The first-order valence-electron chi connectivity index (χ1n) is 5.76. The maximum Gasteiger partial charge on any atom is 0.119 e. The molecule has 1 heterocycles. The standard InChI is InChI=1S/C15H10Cl2OS/c16-11-1-4-13(5-2-11)18-8-10-9-19-15-6-3-12(17)7-14(10)15/h1-7,9H,8H2. The highest BCUT2D eigenvalue weighted by molar-refractivity contribution is 7.17. The molecule has 2 aromatic carbocycles. The minimum atomic E-state index is 0.530. The molecular weight excluding hydrogens is 299 g/mol. The van der Waals surface area contributed by atoms with Crippen molar-refractivity contribution in [3.8, 4) is 5.75 Å². The molecule has 0 aliphatic carbocycles. The molecule has 0 N–H and O–H groups in total. The van der Waals surface area contributed by atoms with Crippen molar-refractivity contribution in [1.82, 2.24) is 0 Å². The predicted molar refractivity (Wildman–Crippen MR) is 82.6 cm³/mol. The van der Waals surface area contributed by atoms with Crippen molar-refractivity contribution in [2.24, 2.45) is 0 Å². The van der Waals surface area contributed by atoms with E-state index in [0.717, 1.165) is 21.7 Å². The van der Waals surface area contributed by atoms with Crippen molar-refractivity contribution >= 4 is 44.6 Å². The Morgan fingerprint density at radius 1 is 0.947 bits per heavy atom. The molecule has 0 bridgehead atoms. The van der Waals surface area contributed by atoms with Crippen LogP contribution in [-0.4, -0.2) is 0 Å². The van der Waals surface area contributed by atoms with E-state index >= 15 is 0 Å². The summed E-state index contributed by atoms with van der Waals surface area (Å²) in [4.78, 5) is 0. The van der Waals surface area contributed by atoms with Crippen LogP contribution >= 0.6 is 34.5 Å². The van der Waals surface area contributed by atoms with Crippen LogP contribution in [0.2, 0.25) is 10.0 Å². The normalized spacial score (nSPS) is 10.8. The molecule has 1 nitrogen and oxygen atoms in total. The summed E-state index contributed by atoms with van der Waals surface area (Å²) in [6, 6.07) is 13.3. The van der Waals surface area contributed by atoms with Gasteiger partial charge in [0.05, 0.1) is 0 Å². The summed E-state index contributed by atoms with van der Waals surface area (Å²) in [5.74, 6) is 0.811. The number of benzene rings is 2. The molecular formula is C15H10Cl2OS. The number of halogens is 2. The molecule has 0 spiro atoms. The number of ether oxygens (including phenoxy) is 1. The van der Waals surface area contributed by atoms with E-state index < -0.39 is 0 Å². The molecule has 19 heavy (non-hydrogen) atoms. The first kappa shape index (κ1) is 12.8. The zero-order valence-corrected chi connectivity index (χ0v) is 12.2. The Kier molecular flexibility index (Phi) is 3.65. The van der Waals surface area contributed by atoms with Crippen LogP contribution in [0.1, 0.15) is 5.56 Å². The molecule has 0 aliphatic heterocycles. The average molecular weight is 309 g/mol. The van der Waals surface area contributed by atoms with Gasteiger partial charge in [-0.2, -0.15) is 0 Å². The lowest BCUT2D eigenvalue weighted by atomic mass is 10.2. The third kappa shape index (κ3) is 2.86. The highest BCUT2D eigenvalue weighted by atomic mass is 35.5. The van der Waals surface area contributed by atoms with E-state index in [1.165, 1.54) is 4.70 Å². The summed E-state index contributed by atoms with van der Waals surface area (Å²) in [5, 5.41) is 4.72. The zero-order chi connectivity index (χ0) is 13.2. The first-order chi connectivity index (χ1) is 9.22. The van der Waals surface area contributed by atoms with Crippen molar-refractivity contribution < 1.29 is 4.74 Å². The summed E-state index contributed by atoms with van der Waals surface area (Å²) in [7, 11) is 0. The van der Waals surface area contributed by atoms with Crippen LogP contribution in [-0.2, 0) is 6.61 Å². The highest BCUT2D eigenvalue weighted by Crippen LogP contribution is 2.29. The van der Waals surface area contributed by atoms with Crippen molar-refractivity contribution in [2.75, 3.05) is 0 Å². The van der Waals surface area contributed by atoms with Gasteiger partial charge in [-0.15, -0.1) is 11.3 Å². The average Bonchev–Trinajstić information content (AvgIpc) is 2.80. The van der Waals surface area contributed by atoms with Crippen LogP contribution in [0, 0.1) is 0 Å². The molecule has 0 amide bonds. The molecule has 0 fully saturated rings. The van der Waals surface area contributed by atoms with Gasteiger partial charge < -0.3 is 4.74 Å². The van der Waals surface area contributed by atoms with E-state index in [1.54, 1.807) is 11.3 Å². The number of hydrogen-bond donors (Lipinski definition) is 0. The van der Waals surface area contributed by atoms with Gasteiger partial charge in [-0.05, 0) is 47.8 Å². The van der Waals surface area contributed by atoms with E-state index in [9.17, 15) is 0 Å². The minimum absolute atomic E-state index is 0.530. The van der Waals surface area contributed by atoms with Gasteiger partial charge in [-0.25, -0.2) is 0 Å². The predicted octanol–water partition coefficient (Wildman–Crippen LogP) is 5.79. The number of thiophene rings is 1. The second-order valence-electron chi connectivity index (χ2n) is 4.14. The Hall–Kier alpha value is -1.22. The zero-order valence-electron chi connectivity index (χ0n) is 9.90. The molecule has 0 unspecified atom stereocenters. The van der Waals surface area contributed by atoms with Gasteiger partial charge in [0.25, 0.3) is 0 Å². The van der Waals surface area contributed by atoms with Crippen molar-refractivity contribution in [3.63, 3.8) is 0 Å². The lowest BCUT2D eigenvalue weighted by Crippen LogP contribution is -1.93. The monoisotopic (exact) mass is 308 g/mol. The molecule has 1 aromatic heterocycles. The molecule has 3 rings (SSSR count). The van der Waals surface area contributed by atoms with E-state index in [0.29, 0.717) is 11.6 Å². The van der Waals surface area contributed by atoms with Crippen LogP contribution in [0.25, 0.3) is 10.1 Å². The van der Waals surface area contributed by atoms with Crippen LogP contribution in [0.5, 0.6) is 5.75 Å². The summed E-state index contributed by atoms with van der Waals surface area (Å²) < 4.78 is 6.98. The van der Waals surface area contributed by atoms with Crippen LogP contribution in [0.15, 0.2) is 47.8 Å². The summed E-state index contributed by atoms with van der Waals surface area (Å²) in [6.07, 6.45) is 0. The summed E-state index contributed by atoms with van der Waals surface area (Å²) in [6.45, 7) is 0.530. The van der Waals surface area contributed by atoms with Crippen LogP contribution in [0.4, 0.5) is 0 Å². The summed E-state index contributed by atoms with van der Waals surface area (Å²) in [5.41, 5.74) is 1.15. The van der Waals surface area contributed by atoms with Crippen molar-refractivity contribution in [1.29, 1.82) is 0 Å². The fourth-order valence-electron chi connectivity index (χ4n) is 1.86. The fourth-order valence-corrected chi connectivity index (χ4v) is 3.08. The molecule has 3 aromatic rings. The lowest BCUT2D eigenvalue weighted by molar-refractivity contribution is 0.308. The topological polar surface area (TPSA) is 9.23 Å². The maximum absolute atomic E-state index is 6.03. The first-order valence-corrected chi connectivity index (χ1v) is 7.40. The molecule has 0 radical (unpaired) electrons. The third-order valence-corrected chi connectivity index (χ3v) is 4.32. The van der Waals surface area contributed by atoms with Gasteiger partial charge in [0, 0.05) is 25.7 Å². The second kappa shape index (κ2) is 5.41. The molecule has 0 saturated carbocycles. The maximum atomic E-state index is 6.03. The molecule has 0 saturated heterocycles. The summed E-state index contributed by atoms with van der Waals surface area (Å²) >= 11 is 13.6. The molecule has 4 heteroatoms. The lowest BCUT2D eigenvalue weighted by Gasteiger charge is -2.05. The van der Waals surface area contributed by atoms with Gasteiger partial charge in [0.2, 0.25) is 0 Å². The fraction of sp³-hybridized carbons (Fsp3) is 0.0667. The second-order valence-corrected chi connectivity index (χ2v) is 5.93. The van der Waals surface area contributed by atoms with E-state index in [2.05, 4.69) is 5.38 Å².